The van der Waals surface area contributed by atoms with Crippen molar-refractivity contribution < 1.29 is 89.1 Å². The van der Waals surface area contributed by atoms with Crippen LogP contribution in [0.2, 0.25) is 0 Å². The second kappa shape index (κ2) is 56.0. The first-order chi connectivity index (χ1) is 5.74. The molecule has 0 bridgehead atoms. The summed E-state index contributed by atoms with van der Waals surface area (Å²) in [5.41, 5.74) is 10.8. The van der Waals surface area contributed by atoms with Gasteiger partial charge >= 0.3 is 0 Å². The van der Waals surface area contributed by atoms with Gasteiger partial charge in [0.25, 0.3) is 0 Å². The molecule has 6 heteroatoms. The maximum Gasteiger partial charge on any atom is 0.0737 e. The highest BCUT2D eigenvalue weighted by Gasteiger charge is 1.60. The van der Waals surface area contributed by atoms with Gasteiger partial charge in [-0.25, -0.2) is 0 Å². The van der Waals surface area contributed by atoms with Gasteiger partial charge in [0.15, 0.2) is 0 Å². The van der Waals surface area contributed by atoms with E-state index in [0.29, 0.717) is 0 Å². The molecule has 102 valence electrons. The van der Waals surface area contributed by atoms with E-state index >= 15 is 0 Å². The summed E-state index contributed by atoms with van der Waals surface area (Å²) in [6, 6.07) is 0. The average molecular weight is 561 g/mol. The van der Waals surface area contributed by atoms with Gasteiger partial charge in [0.1, 0.15) is 0 Å². The van der Waals surface area contributed by atoms with Crippen molar-refractivity contribution >= 4 is 0 Å². The molecule has 0 aliphatic heterocycles. The first kappa shape index (κ1) is 36.0. The molecule has 0 unspecified atom stereocenters. The number of halogens is 3. The Labute approximate surface area is 147 Å². The summed E-state index contributed by atoms with van der Waals surface area (Å²) in [7, 11) is 0. The van der Waals surface area contributed by atoms with Crippen LogP contribution in [0.4, 0.5) is 0 Å². The molecule has 0 saturated heterocycles. The molecule has 0 rings (SSSR count). The smallest absolute Gasteiger partial charge is 0.0737 e. The molecular formula is C9H30I3N3. The van der Waals surface area contributed by atoms with Crippen LogP contribution in [0.1, 0.15) is 40.0 Å². The molecule has 3 nitrogen and oxygen atoms in total. The Morgan fingerprint density at radius 1 is 0.533 bits per heavy atom. The van der Waals surface area contributed by atoms with Crippen molar-refractivity contribution in [3.63, 3.8) is 0 Å². The fourth-order valence-corrected chi connectivity index (χ4v) is 0. The minimum atomic E-state index is 0. The van der Waals surface area contributed by atoms with Gasteiger partial charge in [0.05, 0.1) is 19.6 Å². The lowest BCUT2D eigenvalue weighted by molar-refractivity contribution is -0.367. The summed E-state index contributed by atoms with van der Waals surface area (Å²) in [5.74, 6) is 0. The number of rotatable bonds is 3. The molecule has 0 saturated carbocycles. The molecule has 0 aromatic rings. The van der Waals surface area contributed by atoms with E-state index in [1.54, 1.807) is 0 Å². The van der Waals surface area contributed by atoms with Crippen LogP contribution in [-0.2, 0) is 0 Å². The molecule has 0 aromatic heterocycles. The van der Waals surface area contributed by atoms with Crippen molar-refractivity contribution in [1.82, 2.24) is 0 Å². The summed E-state index contributed by atoms with van der Waals surface area (Å²) >= 11 is 0. The lowest BCUT2D eigenvalue weighted by Gasteiger charge is -1.66. The quantitative estimate of drug-likeness (QED) is 0.287. The van der Waals surface area contributed by atoms with Crippen LogP contribution in [0, 0.1) is 0 Å². The van der Waals surface area contributed by atoms with E-state index in [4.69, 9.17) is 0 Å². The van der Waals surface area contributed by atoms with E-state index in [1.807, 2.05) is 0 Å². The third kappa shape index (κ3) is 124. The van der Waals surface area contributed by atoms with Crippen molar-refractivity contribution in [2.45, 2.75) is 40.0 Å². The molecule has 0 aromatic carbocycles. The van der Waals surface area contributed by atoms with Crippen LogP contribution >= 0.6 is 0 Å². The van der Waals surface area contributed by atoms with Gasteiger partial charge in [-0.05, 0) is 19.3 Å². The molecule has 0 aliphatic carbocycles. The standard InChI is InChI=1S/3C3H9N.3HI/c3*1-2-3-4;;;/h3*2-4H2,1H3;3*1H. The predicted molar refractivity (Wildman–Crippen MR) is 54.1 cm³/mol. The molecule has 9 N–H and O–H groups in total. The van der Waals surface area contributed by atoms with E-state index in [1.165, 1.54) is 19.3 Å². The number of hydrogen-bond donors (Lipinski definition) is 3. The monoisotopic (exact) mass is 561 g/mol. The maximum atomic E-state index is 3.60. The SMILES string of the molecule is CCC[NH3+].CCC[NH3+].CCC[NH3+].[I-].[I-].[I-]. The third-order valence-corrected chi connectivity index (χ3v) is 1.06. The molecule has 0 radical (unpaired) electrons. The molecule has 0 amide bonds. The zero-order chi connectivity index (χ0) is 10.2. The van der Waals surface area contributed by atoms with Crippen molar-refractivity contribution in [3.8, 4) is 0 Å². The lowest BCUT2D eigenvalue weighted by atomic mass is 10.5. The highest BCUT2D eigenvalue weighted by molar-refractivity contribution is 4.08. The van der Waals surface area contributed by atoms with E-state index in [2.05, 4.69) is 38.0 Å². The largest absolute Gasteiger partial charge is 1.00 e. The molecule has 0 fully saturated rings. The number of quaternary nitrogens is 3. The summed E-state index contributed by atoms with van der Waals surface area (Å²) in [6.07, 6.45) is 3.63. The topological polar surface area (TPSA) is 82.9 Å². The van der Waals surface area contributed by atoms with Gasteiger partial charge in [0, 0.05) is 0 Å². The normalized spacial score (nSPS) is 6.00. The molecule has 0 aliphatic rings. The van der Waals surface area contributed by atoms with E-state index in [9.17, 15) is 0 Å². The summed E-state index contributed by atoms with van der Waals surface area (Å²) < 4.78 is 0. The molecule has 0 heterocycles. The van der Waals surface area contributed by atoms with Crippen molar-refractivity contribution in [2.75, 3.05) is 19.6 Å². The van der Waals surface area contributed by atoms with E-state index < -0.39 is 0 Å². The summed E-state index contributed by atoms with van der Waals surface area (Å²) in [4.78, 5) is 0. The highest BCUT2D eigenvalue weighted by atomic mass is 127. The van der Waals surface area contributed by atoms with Crippen LogP contribution in [-0.4, -0.2) is 19.6 Å². The Kier molecular flexibility index (Phi) is 134. The summed E-state index contributed by atoms with van der Waals surface area (Å²) in [6.45, 7) is 9.56. The van der Waals surface area contributed by atoms with Crippen molar-refractivity contribution in [2.24, 2.45) is 0 Å². The van der Waals surface area contributed by atoms with E-state index in [0.717, 1.165) is 19.6 Å². The first-order valence-corrected chi connectivity index (χ1v) is 5.12. The Morgan fingerprint density at radius 2 is 0.600 bits per heavy atom. The van der Waals surface area contributed by atoms with Crippen LogP contribution in [0.15, 0.2) is 0 Å². The minimum Gasteiger partial charge on any atom is -1.00 e. The molecule has 15 heavy (non-hydrogen) atoms. The maximum absolute atomic E-state index is 3.60. The van der Waals surface area contributed by atoms with Gasteiger partial charge in [-0.15, -0.1) is 0 Å². The van der Waals surface area contributed by atoms with Crippen LogP contribution < -0.4 is 89.1 Å². The fraction of sp³-hybridized carbons (Fsp3) is 1.00. The van der Waals surface area contributed by atoms with Gasteiger partial charge < -0.3 is 89.1 Å². The van der Waals surface area contributed by atoms with Gasteiger partial charge in [-0.2, -0.15) is 0 Å². The van der Waals surface area contributed by atoms with Gasteiger partial charge in [-0.1, -0.05) is 20.8 Å². The first-order valence-electron chi connectivity index (χ1n) is 5.12. The predicted octanol–water partition coefficient (Wildman–Crippen LogP) is -10.1. The Bertz CT molecular complexity index is 36.1. The van der Waals surface area contributed by atoms with Crippen LogP contribution in [0.3, 0.4) is 0 Å². The second-order valence-electron chi connectivity index (χ2n) is 2.56. The molecular weight excluding hydrogens is 531 g/mol. The highest BCUT2D eigenvalue weighted by Crippen LogP contribution is 1.55. The lowest BCUT2D eigenvalue weighted by Crippen LogP contribution is -3.00. The molecule has 0 spiro atoms. The minimum absolute atomic E-state index is 0. The summed E-state index contributed by atoms with van der Waals surface area (Å²) in [5, 5.41) is 0. The Balaban J connectivity index is -0.0000000184. The molecule has 0 atom stereocenters. The average Bonchev–Trinajstić information content (AvgIpc) is 2.18. The van der Waals surface area contributed by atoms with Gasteiger partial charge in [0.2, 0.25) is 0 Å². The van der Waals surface area contributed by atoms with Crippen LogP contribution in [0.5, 0.6) is 0 Å². The van der Waals surface area contributed by atoms with E-state index in [-0.39, 0.29) is 71.9 Å². The zero-order valence-electron chi connectivity index (χ0n) is 10.5. The zero-order valence-corrected chi connectivity index (χ0v) is 17.0. The van der Waals surface area contributed by atoms with Crippen molar-refractivity contribution in [3.05, 3.63) is 0 Å². The fourth-order valence-electron chi connectivity index (χ4n) is 0. The second-order valence-corrected chi connectivity index (χ2v) is 2.56. The van der Waals surface area contributed by atoms with Gasteiger partial charge in [-0.3, -0.25) is 0 Å². The number of hydrogen-bond acceptors (Lipinski definition) is 0. The Hall–Kier alpha value is 2.07. The Morgan fingerprint density at radius 3 is 0.600 bits per heavy atom. The van der Waals surface area contributed by atoms with Crippen molar-refractivity contribution in [1.29, 1.82) is 0 Å². The van der Waals surface area contributed by atoms with Crippen LogP contribution in [0.25, 0.3) is 0 Å². The third-order valence-electron chi connectivity index (χ3n) is 1.06.